The van der Waals surface area contributed by atoms with Gasteiger partial charge in [0.05, 0.1) is 22.3 Å². The molecule has 0 aliphatic rings. The molecule has 10 nitrogen and oxygen atoms in total. The molecule has 0 bridgehead atoms. The summed E-state index contributed by atoms with van der Waals surface area (Å²) in [6.45, 7) is 1.38. The van der Waals surface area contributed by atoms with Gasteiger partial charge in [0, 0.05) is 5.56 Å². The van der Waals surface area contributed by atoms with Gasteiger partial charge < -0.3 is 14.8 Å². The fourth-order valence-electron chi connectivity index (χ4n) is 2.18. The summed E-state index contributed by atoms with van der Waals surface area (Å²) < 4.78 is 5.51. The quantitative estimate of drug-likeness (QED) is 0.505. The average molecular weight is 412 g/mol. The first-order valence-corrected chi connectivity index (χ1v) is 8.16. The van der Waals surface area contributed by atoms with Gasteiger partial charge >= 0.3 is 5.69 Å². The lowest BCUT2D eigenvalue weighted by molar-refractivity contribution is 0.191. The molecule has 0 aliphatic carbocycles. The van der Waals surface area contributed by atoms with Crippen LogP contribution in [-0.2, 0) is 0 Å². The van der Waals surface area contributed by atoms with Crippen LogP contribution in [0, 0.1) is 0 Å². The number of aliphatic hydroxyl groups is 1. The molecule has 2 heterocycles. The number of hydrogen-bond donors (Lipinski definition) is 4. The van der Waals surface area contributed by atoms with Gasteiger partial charge in [0.1, 0.15) is 5.69 Å². The predicted octanol–water partition coefficient (Wildman–Crippen LogP) is 1.36. The maximum atomic E-state index is 11.8. The summed E-state index contributed by atoms with van der Waals surface area (Å²) in [5.41, 5.74) is -2.02. The number of nitrogens with zero attached hydrogens (tertiary/aromatic N) is 2. The van der Waals surface area contributed by atoms with Gasteiger partial charge in [-0.05, 0) is 19.1 Å². The zero-order valence-electron chi connectivity index (χ0n) is 13.5. The molecule has 1 aromatic carbocycles. The topological polar surface area (TPSA) is 154 Å². The predicted molar refractivity (Wildman–Crippen MR) is 96.5 cm³/mol. The molecule has 3 aromatic rings. The van der Waals surface area contributed by atoms with Crippen molar-refractivity contribution in [1.82, 2.24) is 25.1 Å². The van der Waals surface area contributed by atoms with E-state index in [2.05, 4.69) is 20.2 Å². The second-order valence-electron chi connectivity index (χ2n) is 5.36. The Morgan fingerprint density at radius 2 is 1.81 bits per heavy atom. The van der Waals surface area contributed by atoms with E-state index in [-0.39, 0.29) is 38.6 Å². The Morgan fingerprint density at radius 1 is 1.15 bits per heavy atom. The van der Waals surface area contributed by atoms with Gasteiger partial charge in [0.15, 0.2) is 11.4 Å². The summed E-state index contributed by atoms with van der Waals surface area (Å²) in [5.74, 6) is -0.0407. The highest BCUT2D eigenvalue weighted by Crippen LogP contribution is 2.38. The molecule has 0 saturated heterocycles. The van der Waals surface area contributed by atoms with Crippen LogP contribution in [0.25, 0.3) is 11.3 Å². The number of aliphatic hydroxyl groups excluding tert-OH is 1. The molecule has 12 heteroatoms. The first-order chi connectivity index (χ1) is 12.8. The lowest BCUT2D eigenvalue weighted by atomic mass is 10.1. The largest absolute Gasteiger partial charge is 0.434 e. The number of nitrogens with one attached hydrogen (secondary N) is 3. The van der Waals surface area contributed by atoms with Crippen LogP contribution in [-0.4, -0.2) is 30.3 Å². The highest BCUT2D eigenvalue weighted by Gasteiger charge is 2.17. The Labute approximate surface area is 159 Å². The first-order valence-electron chi connectivity index (χ1n) is 7.40. The minimum atomic E-state index is -1.11. The lowest BCUT2D eigenvalue weighted by Gasteiger charge is -2.11. The van der Waals surface area contributed by atoms with Crippen molar-refractivity contribution in [1.29, 1.82) is 0 Å². The molecule has 27 heavy (non-hydrogen) atoms. The molecule has 3 rings (SSSR count). The van der Waals surface area contributed by atoms with Crippen LogP contribution in [0.4, 0.5) is 0 Å². The number of aromatic amines is 3. The van der Waals surface area contributed by atoms with E-state index < -0.39 is 22.9 Å². The molecule has 0 spiro atoms. The second-order valence-corrected chi connectivity index (χ2v) is 6.17. The van der Waals surface area contributed by atoms with E-state index in [1.165, 1.54) is 25.3 Å². The molecular weight excluding hydrogens is 401 g/mol. The van der Waals surface area contributed by atoms with Crippen molar-refractivity contribution in [3.05, 3.63) is 65.3 Å². The smallest absolute Gasteiger partial charge is 0.342 e. The van der Waals surface area contributed by atoms with Crippen LogP contribution in [0.1, 0.15) is 18.7 Å². The number of H-pyrrole nitrogens is 3. The van der Waals surface area contributed by atoms with Gasteiger partial charge in [-0.15, -0.1) is 0 Å². The summed E-state index contributed by atoms with van der Waals surface area (Å²) in [4.78, 5) is 42.9. The van der Waals surface area contributed by atoms with Crippen LogP contribution in [0.3, 0.4) is 0 Å². The van der Waals surface area contributed by atoms with Crippen molar-refractivity contribution in [3.63, 3.8) is 0 Å². The molecule has 1 unspecified atom stereocenters. The number of aromatic nitrogens is 5. The van der Waals surface area contributed by atoms with Crippen LogP contribution in [0.5, 0.6) is 11.6 Å². The second kappa shape index (κ2) is 7.35. The summed E-state index contributed by atoms with van der Waals surface area (Å²) in [6.07, 6.45) is 0.0758. The highest BCUT2D eigenvalue weighted by atomic mass is 35.5. The fraction of sp³-hybridized carbons (Fsp3) is 0.133. The zero-order valence-corrected chi connectivity index (χ0v) is 15.1. The van der Waals surface area contributed by atoms with Gasteiger partial charge in [0.25, 0.3) is 11.1 Å². The van der Waals surface area contributed by atoms with Crippen molar-refractivity contribution >= 4 is 23.2 Å². The molecule has 1 atom stereocenters. The van der Waals surface area contributed by atoms with E-state index in [0.29, 0.717) is 0 Å². The zero-order chi connectivity index (χ0) is 19.7. The van der Waals surface area contributed by atoms with Gasteiger partial charge in [-0.2, -0.15) is 5.10 Å². The third kappa shape index (κ3) is 3.92. The Balaban J connectivity index is 2.01. The molecule has 0 amide bonds. The van der Waals surface area contributed by atoms with Crippen molar-refractivity contribution in [3.8, 4) is 22.9 Å². The fourth-order valence-corrected chi connectivity index (χ4v) is 2.74. The van der Waals surface area contributed by atoms with Gasteiger partial charge in [-0.25, -0.2) is 14.9 Å². The van der Waals surface area contributed by atoms with Gasteiger partial charge in [0.2, 0.25) is 5.88 Å². The van der Waals surface area contributed by atoms with Gasteiger partial charge in [-0.1, -0.05) is 23.2 Å². The van der Waals surface area contributed by atoms with Gasteiger partial charge in [-0.3, -0.25) is 14.6 Å². The SMILES string of the molecule is CC(O)c1nc(Oc2c(Cl)cc(-c3n[nH]c(=O)[nH]c3=O)cc2Cl)c[nH]c1=O. The van der Waals surface area contributed by atoms with E-state index >= 15 is 0 Å². The Bertz CT molecular complexity index is 1160. The number of halogens is 2. The van der Waals surface area contributed by atoms with E-state index in [1.54, 1.807) is 0 Å². The molecule has 4 N–H and O–H groups in total. The normalized spacial score (nSPS) is 12.0. The van der Waals surface area contributed by atoms with Crippen molar-refractivity contribution in [2.45, 2.75) is 13.0 Å². The van der Waals surface area contributed by atoms with Crippen LogP contribution >= 0.6 is 23.2 Å². The van der Waals surface area contributed by atoms with Crippen molar-refractivity contribution in [2.75, 3.05) is 0 Å². The maximum absolute atomic E-state index is 11.8. The molecular formula is C15H11Cl2N5O5. The van der Waals surface area contributed by atoms with Crippen molar-refractivity contribution < 1.29 is 9.84 Å². The maximum Gasteiger partial charge on any atom is 0.342 e. The number of rotatable bonds is 4. The molecule has 0 saturated carbocycles. The summed E-state index contributed by atoms with van der Waals surface area (Å²) >= 11 is 12.4. The average Bonchev–Trinajstić information content (AvgIpc) is 2.59. The van der Waals surface area contributed by atoms with E-state index in [0.717, 1.165) is 0 Å². The highest BCUT2D eigenvalue weighted by molar-refractivity contribution is 6.37. The Kier molecular flexibility index (Phi) is 5.13. The molecule has 2 aromatic heterocycles. The third-order valence-electron chi connectivity index (χ3n) is 3.38. The van der Waals surface area contributed by atoms with Crippen LogP contribution in [0.15, 0.2) is 32.7 Å². The first kappa shape index (κ1) is 18.8. The summed E-state index contributed by atoms with van der Waals surface area (Å²) in [5, 5.41) is 15.4. The van der Waals surface area contributed by atoms with Crippen LogP contribution in [0.2, 0.25) is 10.0 Å². The molecule has 0 aliphatic heterocycles. The summed E-state index contributed by atoms with van der Waals surface area (Å²) in [6, 6.07) is 2.72. The lowest BCUT2D eigenvalue weighted by Crippen LogP contribution is -2.25. The summed E-state index contributed by atoms with van der Waals surface area (Å²) in [7, 11) is 0. The Hall–Kier alpha value is -2.95. The van der Waals surface area contributed by atoms with Crippen molar-refractivity contribution in [2.24, 2.45) is 0 Å². The standard InChI is InChI=1S/C15H11Cl2N5O5/c1-5(23)10-13(24)18-4-9(19-10)27-12-7(16)2-6(3-8(12)17)11-14(25)20-15(26)22-21-11/h2-5,23H,1H3,(H,18,24)(H2,20,22,25,26). The molecule has 0 fully saturated rings. The van der Waals surface area contributed by atoms with E-state index in [1.807, 2.05) is 4.98 Å². The third-order valence-corrected chi connectivity index (χ3v) is 3.94. The van der Waals surface area contributed by atoms with Crippen LogP contribution < -0.4 is 21.5 Å². The van der Waals surface area contributed by atoms with E-state index in [4.69, 9.17) is 27.9 Å². The monoisotopic (exact) mass is 411 g/mol. The number of hydrogen-bond acceptors (Lipinski definition) is 7. The molecule has 0 radical (unpaired) electrons. The Morgan fingerprint density at radius 3 is 2.41 bits per heavy atom. The number of benzene rings is 1. The van der Waals surface area contributed by atoms with E-state index in [9.17, 15) is 19.5 Å². The minimum absolute atomic E-state index is 0.0130. The number of ether oxygens (including phenoxy) is 1. The minimum Gasteiger partial charge on any atom is -0.434 e. The molecule has 140 valence electrons.